The van der Waals surface area contributed by atoms with Gasteiger partial charge in [-0.15, -0.1) is 0 Å². The lowest BCUT2D eigenvalue weighted by Gasteiger charge is -2.32. The van der Waals surface area contributed by atoms with Gasteiger partial charge in [-0.3, -0.25) is 4.79 Å². The Hall–Kier alpha value is -1.99. The smallest absolute Gasteiger partial charge is 0.225 e. The fourth-order valence-corrected chi connectivity index (χ4v) is 3.27. The Labute approximate surface area is 149 Å². The Morgan fingerprint density at radius 1 is 1.54 bits per heavy atom. The average Bonchev–Trinajstić information content (AvgIpc) is 3.01. The van der Waals surface area contributed by atoms with Gasteiger partial charge in [-0.2, -0.15) is 5.26 Å². The third-order valence-electron chi connectivity index (χ3n) is 4.25. The summed E-state index contributed by atoms with van der Waals surface area (Å²) in [6.07, 6.45) is 0.920. The van der Waals surface area contributed by atoms with Crippen molar-refractivity contribution in [2.45, 2.75) is 33.2 Å². The van der Waals surface area contributed by atoms with Gasteiger partial charge in [-0.25, -0.2) is 0 Å². The van der Waals surface area contributed by atoms with Crippen molar-refractivity contribution in [3.8, 4) is 6.07 Å². The second kappa shape index (κ2) is 7.72. The van der Waals surface area contributed by atoms with E-state index >= 15 is 0 Å². The monoisotopic (exact) mass is 345 g/mol. The van der Waals surface area contributed by atoms with Gasteiger partial charge in [0.1, 0.15) is 6.07 Å². The fourth-order valence-electron chi connectivity index (χ4n) is 3.06. The number of halogens is 1. The number of rotatable bonds is 5. The van der Waals surface area contributed by atoms with E-state index < -0.39 is 0 Å². The number of carbonyl (C=O) groups is 1. The fraction of sp³-hybridized carbons (Fsp3) is 0.474. The molecular weight excluding hydrogens is 322 g/mol. The Kier molecular flexibility index (Phi) is 5.90. The quantitative estimate of drug-likeness (QED) is 0.761. The largest absolute Gasteiger partial charge is 0.363 e. The van der Waals surface area contributed by atoms with Crippen molar-refractivity contribution < 1.29 is 4.79 Å². The number of benzene rings is 1. The van der Waals surface area contributed by atoms with Crippen LogP contribution in [0.25, 0.3) is 0 Å². The number of likely N-dealkylation sites (tertiary alicyclic amines) is 1. The van der Waals surface area contributed by atoms with Gasteiger partial charge in [0, 0.05) is 37.3 Å². The first kappa shape index (κ1) is 18.4. The number of anilines is 1. The molecule has 1 aromatic carbocycles. The van der Waals surface area contributed by atoms with E-state index in [-0.39, 0.29) is 17.9 Å². The van der Waals surface area contributed by atoms with Gasteiger partial charge >= 0.3 is 0 Å². The lowest BCUT2D eigenvalue weighted by Crippen LogP contribution is -2.40. The number of carbonyl (C=O) groups excluding carboxylic acids is 1. The van der Waals surface area contributed by atoms with Crippen molar-refractivity contribution in [1.82, 2.24) is 4.90 Å². The third-order valence-corrected chi connectivity index (χ3v) is 4.57. The first-order valence-electron chi connectivity index (χ1n) is 8.23. The molecule has 1 unspecified atom stereocenters. The molecule has 0 aromatic heterocycles. The predicted molar refractivity (Wildman–Crippen MR) is 98.2 cm³/mol. The summed E-state index contributed by atoms with van der Waals surface area (Å²) in [7, 11) is 0. The molecule has 1 aliphatic heterocycles. The van der Waals surface area contributed by atoms with Gasteiger partial charge in [-0.1, -0.05) is 37.6 Å². The summed E-state index contributed by atoms with van der Waals surface area (Å²) in [6, 6.07) is 7.81. The highest BCUT2D eigenvalue weighted by Gasteiger charge is 2.31. The summed E-state index contributed by atoms with van der Waals surface area (Å²) in [5.41, 5.74) is 2.48. The van der Waals surface area contributed by atoms with Crippen LogP contribution in [0.5, 0.6) is 0 Å². The Bertz CT molecular complexity index is 678. The van der Waals surface area contributed by atoms with Crippen LogP contribution in [-0.2, 0) is 4.79 Å². The molecule has 1 aromatic rings. The van der Waals surface area contributed by atoms with Crippen LogP contribution >= 0.6 is 11.6 Å². The van der Waals surface area contributed by atoms with E-state index in [0.717, 1.165) is 24.2 Å². The van der Waals surface area contributed by atoms with Gasteiger partial charge in [-0.05, 0) is 31.5 Å². The SMILES string of the molecule is C=C(C)CN(c1ccc(C#N)c(Cl)c1)C1CCN(C(=O)C(C)C)C1. The molecule has 0 aliphatic carbocycles. The molecule has 2 rings (SSSR count). The number of nitriles is 1. The molecule has 1 aliphatic rings. The first-order valence-corrected chi connectivity index (χ1v) is 8.60. The molecule has 1 saturated heterocycles. The third kappa shape index (κ3) is 4.10. The van der Waals surface area contributed by atoms with Crippen molar-refractivity contribution in [3.05, 3.63) is 40.9 Å². The highest BCUT2D eigenvalue weighted by molar-refractivity contribution is 6.32. The standard InChI is InChI=1S/C19H24ClN3O/c1-13(2)11-23(16-6-5-15(10-21)18(20)9-16)17-7-8-22(12-17)19(24)14(3)4/h5-6,9,14,17H,1,7-8,11-12H2,2-4H3. The summed E-state index contributed by atoms with van der Waals surface area (Å²) < 4.78 is 0. The second-order valence-electron chi connectivity index (χ2n) is 6.74. The minimum atomic E-state index is 0.0164. The number of amides is 1. The zero-order valence-electron chi connectivity index (χ0n) is 14.6. The second-order valence-corrected chi connectivity index (χ2v) is 7.15. The molecule has 24 heavy (non-hydrogen) atoms. The Morgan fingerprint density at radius 3 is 2.79 bits per heavy atom. The molecule has 0 radical (unpaired) electrons. The zero-order chi connectivity index (χ0) is 17.9. The number of hydrogen-bond donors (Lipinski definition) is 0. The van der Waals surface area contributed by atoms with Crippen LogP contribution in [0.1, 0.15) is 32.8 Å². The normalized spacial score (nSPS) is 17.0. The van der Waals surface area contributed by atoms with Crippen LogP contribution in [0, 0.1) is 17.2 Å². The zero-order valence-corrected chi connectivity index (χ0v) is 15.3. The predicted octanol–water partition coefficient (Wildman–Crippen LogP) is 3.85. The van der Waals surface area contributed by atoms with Gasteiger partial charge in [0.15, 0.2) is 0 Å². The topological polar surface area (TPSA) is 47.3 Å². The molecule has 0 N–H and O–H groups in total. The number of nitrogens with zero attached hydrogens (tertiary/aromatic N) is 3. The van der Waals surface area contributed by atoms with Crippen molar-refractivity contribution >= 4 is 23.2 Å². The van der Waals surface area contributed by atoms with Crippen LogP contribution in [0.2, 0.25) is 5.02 Å². The molecule has 4 nitrogen and oxygen atoms in total. The molecule has 0 spiro atoms. The molecule has 1 atom stereocenters. The maximum absolute atomic E-state index is 12.2. The van der Waals surface area contributed by atoms with Crippen LogP contribution in [-0.4, -0.2) is 36.5 Å². The van der Waals surface area contributed by atoms with Gasteiger partial charge < -0.3 is 9.80 Å². The molecule has 1 fully saturated rings. The van der Waals surface area contributed by atoms with E-state index in [9.17, 15) is 4.79 Å². The molecular formula is C19H24ClN3O. The number of hydrogen-bond acceptors (Lipinski definition) is 3. The molecule has 0 bridgehead atoms. The molecule has 1 amide bonds. The van der Waals surface area contributed by atoms with Crippen LogP contribution < -0.4 is 4.90 Å². The van der Waals surface area contributed by atoms with E-state index in [4.69, 9.17) is 16.9 Å². The summed E-state index contributed by atoms with van der Waals surface area (Å²) in [4.78, 5) is 16.4. The van der Waals surface area contributed by atoms with E-state index in [0.29, 0.717) is 23.7 Å². The van der Waals surface area contributed by atoms with Crippen molar-refractivity contribution in [1.29, 1.82) is 5.26 Å². The Morgan fingerprint density at radius 2 is 2.25 bits per heavy atom. The minimum Gasteiger partial charge on any atom is -0.363 e. The van der Waals surface area contributed by atoms with E-state index in [1.54, 1.807) is 6.07 Å². The maximum atomic E-state index is 12.2. The lowest BCUT2D eigenvalue weighted by atomic mass is 10.1. The minimum absolute atomic E-state index is 0.0164. The lowest BCUT2D eigenvalue weighted by molar-refractivity contribution is -0.133. The van der Waals surface area contributed by atoms with Gasteiger partial charge in [0.05, 0.1) is 10.6 Å². The highest BCUT2D eigenvalue weighted by Crippen LogP contribution is 2.28. The molecule has 128 valence electrons. The van der Waals surface area contributed by atoms with Crippen molar-refractivity contribution in [2.75, 3.05) is 24.5 Å². The van der Waals surface area contributed by atoms with E-state index in [1.165, 1.54) is 0 Å². The van der Waals surface area contributed by atoms with Crippen LogP contribution in [0.4, 0.5) is 5.69 Å². The van der Waals surface area contributed by atoms with Crippen molar-refractivity contribution in [2.24, 2.45) is 5.92 Å². The summed E-state index contributed by atoms with van der Waals surface area (Å²) in [5, 5.41) is 9.50. The molecule has 5 heteroatoms. The van der Waals surface area contributed by atoms with Crippen molar-refractivity contribution in [3.63, 3.8) is 0 Å². The first-order chi connectivity index (χ1) is 11.3. The van der Waals surface area contributed by atoms with Gasteiger partial charge in [0.2, 0.25) is 5.91 Å². The van der Waals surface area contributed by atoms with E-state index in [1.807, 2.05) is 37.8 Å². The van der Waals surface area contributed by atoms with Crippen LogP contribution in [0.15, 0.2) is 30.4 Å². The van der Waals surface area contributed by atoms with Gasteiger partial charge in [0.25, 0.3) is 0 Å². The molecule has 1 heterocycles. The van der Waals surface area contributed by atoms with Crippen LogP contribution in [0.3, 0.4) is 0 Å². The van der Waals surface area contributed by atoms with E-state index in [2.05, 4.69) is 17.5 Å². The Balaban J connectivity index is 2.24. The molecule has 0 saturated carbocycles. The summed E-state index contributed by atoms with van der Waals surface area (Å²) in [5.74, 6) is 0.216. The maximum Gasteiger partial charge on any atom is 0.225 e. The summed E-state index contributed by atoms with van der Waals surface area (Å²) in [6.45, 7) is 12.1. The summed E-state index contributed by atoms with van der Waals surface area (Å²) >= 11 is 6.20. The highest BCUT2D eigenvalue weighted by atomic mass is 35.5. The average molecular weight is 346 g/mol.